The highest BCUT2D eigenvalue weighted by molar-refractivity contribution is 14.0. The van der Waals surface area contributed by atoms with E-state index in [1.54, 1.807) is 0 Å². The van der Waals surface area contributed by atoms with Gasteiger partial charge in [0.1, 0.15) is 0 Å². The molecule has 140 valence electrons. The standard InChI is InChI=1S/C18H33N3O2.HI/c1-3-19-16(20-13-17(22)8-5-6-9-17)21-14-12-15(23-4-2)18(14)10-7-11-18;/h14-15,22H,3-13H2,1-2H3,(H2,19,20,21);1H. The molecule has 0 heterocycles. The maximum atomic E-state index is 10.5. The molecular formula is C18H34IN3O2. The van der Waals surface area contributed by atoms with E-state index in [-0.39, 0.29) is 24.0 Å². The molecular weight excluding hydrogens is 417 g/mol. The number of nitrogens with one attached hydrogen (secondary N) is 2. The minimum atomic E-state index is -0.579. The Balaban J connectivity index is 0.00000208. The highest BCUT2D eigenvalue weighted by atomic mass is 127. The average molecular weight is 451 g/mol. The summed E-state index contributed by atoms with van der Waals surface area (Å²) in [6.45, 7) is 6.33. The largest absolute Gasteiger partial charge is 0.388 e. The summed E-state index contributed by atoms with van der Waals surface area (Å²) >= 11 is 0. The number of halogens is 1. The van der Waals surface area contributed by atoms with Crippen LogP contribution in [0.2, 0.25) is 0 Å². The Bertz CT molecular complexity index is 434. The van der Waals surface area contributed by atoms with E-state index in [0.717, 1.165) is 51.2 Å². The molecule has 3 fully saturated rings. The molecule has 1 spiro atoms. The van der Waals surface area contributed by atoms with Gasteiger partial charge < -0.3 is 20.5 Å². The van der Waals surface area contributed by atoms with Crippen LogP contribution in [0.3, 0.4) is 0 Å². The lowest BCUT2D eigenvalue weighted by atomic mass is 9.51. The Hall–Kier alpha value is -0.0800. The quantitative estimate of drug-likeness (QED) is 0.330. The zero-order valence-electron chi connectivity index (χ0n) is 15.1. The van der Waals surface area contributed by atoms with E-state index >= 15 is 0 Å². The third-order valence-corrected chi connectivity index (χ3v) is 6.16. The predicted octanol–water partition coefficient (Wildman–Crippen LogP) is 2.81. The van der Waals surface area contributed by atoms with E-state index in [4.69, 9.17) is 4.74 Å². The first-order valence-electron chi connectivity index (χ1n) is 9.51. The van der Waals surface area contributed by atoms with Crippen LogP contribution >= 0.6 is 24.0 Å². The van der Waals surface area contributed by atoms with Crippen molar-refractivity contribution >= 4 is 29.9 Å². The highest BCUT2D eigenvalue weighted by Crippen LogP contribution is 2.57. The van der Waals surface area contributed by atoms with E-state index in [9.17, 15) is 5.11 Å². The maximum absolute atomic E-state index is 10.5. The molecule has 2 unspecified atom stereocenters. The van der Waals surface area contributed by atoms with E-state index in [1.807, 2.05) is 0 Å². The second kappa shape index (κ2) is 8.54. The topological polar surface area (TPSA) is 65.9 Å². The second-order valence-corrected chi connectivity index (χ2v) is 7.59. The van der Waals surface area contributed by atoms with Gasteiger partial charge >= 0.3 is 0 Å². The van der Waals surface area contributed by atoms with Gasteiger partial charge in [0, 0.05) is 24.6 Å². The van der Waals surface area contributed by atoms with Gasteiger partial charge in [-0.15, -0.1) is 24.0 Å². The molecule has 3 saturated carbocycles. The number of hydrogen-bond donors (Lipinski definition) is 3. The fourth-order valence-electron chi connectivity index (χ4n) is 4.54. The summed E-state index contributed by atoms with van der Waals surface area (Å²) < 4.78 is 5.92. The molecule has 0 aromatic carbocycles. The van der Waals surface area contributed by atoms with Gasteiger partial charge in [-0.05, 0) is 46.0 Å². The molecule has 0 bridgehead atoms. The fraction of sp³-hybridized carbons (Fsp3) is 0.944. The van der Waals surface area contributed by atoms with Crippen molar-refractivity contribution < 1.29 is 9.84 Å². The van der Waals surface area contributed by atoms with Crippen LogP contribution in [0.4, 0.5) is 0 Å². The normalized spacial score (nSPS) is 30.2. The van der Waals surface area contributed by atoms with Gasteiger partial charge in [0.2, 0.25) is 0 Å². The minimum absolute atomic E-state index is 0. The van der Waals surface area contributed by atoms with Crippen LogP contribution in [0.5, 0.6) is 0 Å². The smallest absolute Gasteiger partial charge is 0.191 e. The van der Waals surface area contributed by atoms with Crippen molar-refractivity contribution in [2.24, 2.45) is 10.4 Å². The molecule has 0 amide bonds. The summed E-state index contributed by atoms with van der Waals surface area (Å²) in [5.74, 6) is 0.860. The van der Waals surface area contributed by atoms with Crippen LogP contribution in [-0.4, -0.2) is 48.5 Å². The summed E-state index contributed by atoms with van der Waals surface area (Å²) in [4.78, 5) is 4.69. The van der Waals surface area contributed by atoms with Crippen LogP contribution in [0.1, 0.15) is 65.2 Å². The third-order valence-electron chi connectivity index (χ3n) is 6.16. The van der Waals surface area contributed by atoms with Gasteiger partial charge in [0.05, 0.1) is 18.2 Å². The van der Waals surface area contributed by atoms with Gasteiger partial charge in [0.25, 0.3) is 0 Å². The summed E-state index contributed by atoms with van der Waals surface area (Å²) in [5, 5.41) is 17.5. The summed E-state index contributed by atoms with van der Waals surface area (Å²) in [6, 6.07) is 0.462. The van der Waals surface area contributed by atoms with Crippen molar-refractivity contribution in [1.82, 2.24) is 10.6 Å². The SMILES string of the molecule is CCNC(=NCC1(O)CCCC1)NC1CC(OCC)C12CCC2.I. The first-order chi connectivity index (χ1) is 11.1. The van der Waals surface area contributed by atoms with Crippen molar-refractivity contribution in [2.45, 2.75) is 83.0 Å². The number of nitrogens with zero attached hydrogens (tertiary/aromatic N) is 1. The van der Waals surface area contributed by atoms with Crippen LogP contribution < -0.4 is 10.6 Å². The van der Waals surface area contributed by atoms with Crippen molar-refractivity contribution in [3.8, 4) is 0 Å². The zero-order valence-corrected chi connectivity index (χ0v) is 17.5. The molecule has 0 saturated heterocycles. The number of rotatable bonds is 6. The van der Waals surface area contributed by atoms with Gasteiger partial charge in [-0.2, -0.15) is 0 Å². The van der Waals surface area contributed by atoms with E-state index in [0.29, 0.717) is 24.1 Å². The lowest BCUT2D eigenvalue weighted by Crippen LogP contribution is -2.68. The zero-order chi connectivity index (χ0) is 16.3. The fourth-order valence-corrected chi connectivity index (χ4v) is 4.54. The Morgan fingerprint density at radius 2 is 1.88 bits per heavy atom. The molecule has 0 aliphatic heterocycles. The lowest BCUT2D eigenvalue weighted by molar-refractivity contribution is -0.168. The third kappa shape index (κ3) is 4.01. The van der Waals surface area contributed by atoms with Crippen LogP contribution in [0, 0.1) is 5.41 Å². The van der Waals surface area contributed by atoms with Crippen molar-refractivity contribution in [1.29, 1.82) is 0 Å². The number of aliphatic imine (C=N–C) groups is 1. The van der Waals surface area contributed by atoms with Crippen LogP contribution in [-0.2, 0) is 4.74 Å². The van der Waals surface area contributed by atoms with Gasteiger partial charge in [0.15, 0.2) is 5.96 Å². The van der Waals surface area contributed by atoms with Crippen LogP contribution in [0.25, 0.3) is 0 Å². The Morgan fingerprint density at radius 3 is 2.42 bits per heavy atom. The molecule has 0 radical (unpaired) electrons. The number of hydrogen-bond acceptors (Lipinski definition) is 3. The Labute approximate surface area is 163 Å². The summed E-state index contributed by atoms with van der Waals surface area (Å²) in [5.41, 5.74) is -0.250. The van der Waals surface area contributed by atoms with E-state index < -0.39 is 5.60 Å². The molecule has 3 aliphatic rings. The second-order valence-electron chi connectivity index (χ2n) is 7.59. The molecule has 2 atom stereocenters. The highest BCUT2D eigenvalue weighted by Gasteiger charge is 2.59. The maximum Gasteiger partial charge on any atom is 0.191 e. The van der Waals surface area contributed by atoms with E-state index in [2.05, 4.69) is 29.5 Å². The molecule has 24 heavy (non-hydrogen) atoms. The average Bonchev–Trinajstić information content (AvgIpc) is 2.89. The Morgan fingerprint density at radius 1 is 1.17 bits per heavy atom. The minimum Gasteiger partial charge on any atom is -0.388 e. The molecule has 3 rings (SSSR count). The van der Waals surface area contributed by atoms with Crippen LogP contribution in [0.15, 0.2) is 4.99 Å². The predicted molar refractivity (Wildman–Crippen MR) is 108 cm³/mol. The monoisotopic (exact) mass is 451 g/mol. The summed E-state index contributed by atoms with van der Waals surface area (Å²) in [6.07, 6.45) is 9.34. The molecule has 0 aromatic heterocycles. The van der Waals surface area contributed by atoms with Gasteiger partial charge in [-0.25, -0.2) is 0 Å². The summed E-state index contributed by atoms with van der Waals surface area (Å²) in [7, 11) is 0. The number of aliphatic hydroxyl groups is 1. The lowest BCUT2D eigenvalue weighted by Gasteiger charge is -2.61. The first kappa shape index (κ1) is 20.2. The number of guanidine groups is 1. The van der Waals surface area contributed by atoms with Gasteiger partial charge in [-0.3, -0.25) is 4.99 Å². The van der Waals surface area contributed by atoms with Crippen molar-refractivity contribution in [3.63, 3.8) is 0 Å². The molecule has 5 nitrogen and oxygen atoms in total. The molecule has 0 aromatic rings. The van der Waals surface area contributed by atoms with E-state index in [1.165, 1.54) is 19.3 Å². The van der Waals surface area contributed by atoms with Crippen molar-refractivity contribution in [2.75, 3.05) is 19.7 Å². The molecule has 3 N–H and O–H groups in total. The Kier molecular flexibility index (Phi) is 7.20. The van der Waals surface area contributed by atoms with Crippen molar-refractivity contribution in [3.05, 3.63) is 0 Å². The molecule has 3 aliphatic carbocycles. The molecule has 6 heteroatoms. The number of ether oxygens (including phenoxy) is 1. The van der Waals surface area contributed by atoms with Gasteiger partial charge in [-0.1, -0.05) is 19.3 Å². The first-order valence-corrected chi connectivity index (χ1v) is 9.51.